The van der Waals surface area contributed by atoms with Crippen LogP contribution >= 0.6 is 11.6 Å². The van der Waals surface area contributed by atoms with Crippen molar-refractivity contribution in [3.05, 3.63) is 75.2 Å². The van der Waals surface area contributed by atoms with Crippen molar-refractivity contribution < 1.29 is 9.72 Å². The number of nitrogen functional groups attached to an aromatic ring is 1. The number of nitro groups is 1. The maximum Gasteiger partial charge on any atom is 0.292 e. The van der Waals surface area contributed by atoms with E-state index in [1.54, 1.807) is 17.2 Å². The number of nitrogens with zero attached hydrogens (tertiary/aromatic N) is 3. The van der Waals surface area contributed by atoms with Gasteiger partial charge in [0.05, 0.1) is 22.9 Å². The maximum atomic E-state index is 13.0. The van der Waals surface area contributed by atoms with Crippen LogP contribution in [0.5, 0.6) is 0 Å². The zero-order valence-corrected chi connectivity index (χ0v) is 16.1. The molecule has 3 aromatic rings. The second-order valence-corrected chi connectivity index (χ2v) is 7.26. The molecule has 0 aliphatic carbocycles. The second kappa shape index (κ2) is 7.56. The van der Waals surface area contributed by atoms with Gasteiger partial charge in [0.1, 0.15) is 11.5 Å². The molecule has 3 N–H and O–H groups in total. The molecule has 1 aliphatic rings. The molecule has 4 rings (SSSR count). The molecule has 2 heterocycles. The fraction of sp³-hybridized carbons (Fsp3) is 0.200. The summed E-state index contributed by atoms with van der Waals surface area (Å²) in [6, 6.07) is 11.3. The van der Waals surface area contributed by atoms with Crippen LogP contribution < -0.4 is 5.73 Å². The number of halogens is 1. The molecule has 0 spiro atoms. The highest BCUT2D eigenvalue weighted by Gasteiger charge is 2.33. The zero-order chi connectivity index (χ0) is 20.5. The zero-order valence-electron chi connectivity index (χ0n) is 15.3. The third-order valence-electron chi connectivity index (χ3n) is 5.06. The van der Waals surface area contributed by atoms with Crippen LogP contribution in [0.4, 0.5) is 11.4 Å². The Morgan fingerprint density at radius 3 is 2.86 bits per heavy atom. The summed E-state index contributed by atoms with van der Waals surface area (Å²) in [5.41, 5.74) is 7.23. The highest BCUT2D eigenvalue weighted by atomic mass is 35.5. The van der Waals surface area contributed by atoms with E-state index in [0.717, 1.165) is 24.1 Å². The number of likely N-dealkylation sites (tertiary alicyclic amines) is 1. The van der Waals surface area contributed by atoms with Gasteiger partial charge < -0.3 is 15.6 Å². The minimum atomic E-state index is -0.587. The Balaban J connectivity index is 1.62. The van der Waals surface area contributed by atoms with E-state index >= 15 is 0 Å². The van der Waals surface area contributed by atoms with Crippen molar-refractivity contribution in [1.82, 2.24) is 14.9 Å². The number of aromatic amines is 1. The third-order valence-corrected chi connectivity index (χ3v) is 5.39. The van der Waals surface area contributed by atoms with Crippen LogP contribution in [-0.2, 0) is 0 Å². The predicted molar refractivity (Wildman–Crippen MR) is 110 cm³/mol. The lowest BCUT2D eigenvalue weighted by Gasteiger charge is -2.23. The number of nitro benzene ring substituents is 1. The Morgan fingerprint density at radius 1 is 1.31 bits per heavy atom. The quantitative estimate of drug-likeness (QED) is 0.379. The molecule has 1 amide bonds. The van der Waals surface area contributed by atoms with E-state index in [0.29, 0.717) is 17.4 Å². The summed E-state index contributed by atoms with van der Waals surface area (Å²) in [6.07, 6.45) is 3.26. The van der Waals surface area contributed by atoms with Crippen LogP contribution in [0, 0.1) is 10.1 Å². The van der Waals surface area contributed by atoms with Crippen LogP contribution in [0.15, 0.2) is 48.7 Å². The van der Waals surface area contributed by atoms with Crippen molar-refractivity contribution in [3.8, 4) is 11.3 Å². The molecule has 29 heavy (non-hydrogen) atoms. The number of imidazole rings is 1. The first kappa shape index (κ1) is 18.9. The number of carbonyl (C=O) groups excluding carboxylic acids is 1. The standard InChI is InChI=1S/C20H18ClN5O3/c21-14-5-2-1-4-13(14)16-11-23-19(24-16)17-6-3-9-25(17)20(27)12-7-8-15(22)18(10-12)26(28)29/h1-2,4-5,7-8,10-11,17H,3,6,9,22H2,(H,23,24). The first-order valence-electron chi connectivity index (χ1n) is 9.10. The number of H-pyrrole nitrogens is 1. The van der Waals surface area contributed by atoms with E-state index in [-0.39, 0.29) is 28.9 Å². The fourth-order valence-electron chi connectivity index (χ4n) is 3.62. The molecule has 0 radical (unpaired) electrons. The Bertz CT molecular complexity index is 1100. The highest BCUT2D eigenvalue weighted by Crippen LogP contribution is 2.34. The number of rotatable bonds is 4. The first-order chi connectivity index (χ1) is 14.0. The number of carbonyl (C=O) groups is 1. The molecule has 148 valence electrons. The van der Waals surface area contributed by atoms with E-state index in [1.165, 1.54) is 18.2 Å². The second-order valence-electron chi connectivity index (χ2n) is 6.85. The molecule has 1 aromatic heterocycles. The summed E-state index contributed by atoms with van der Waals surface area (Å²) in [7, 11) is 0. The van der Waals surface area contributed by atoms with Gasteiger partial charge >= 0.3 is 0 Å². The van der Waals surface area contributed by atoms with Gasteiger partial charge in [-0.1, -0.05) is 29.8 Å². The van der Waals surface area contributed by atoms with Crippen molar-refractivity contribution in [2.75, 3.05) is 12.3 Å². The molecule has 1 saturated heterocycles. The number of hydrogen-bond acceptors (Lipinski definition) is 5. The van der Waals surface area contributed by atoms with E-state index < -0.39 is 4.92 Å². The van der Waals surface area contributed by atoms with Crippen LogP contribution in [0.3, 0.4) is 0 Å². The van der Waals surface area contributed by atoms with Gasteiger partial charge in [-0.25, -0.2) is 4.98 Å². The van der Waals surface area contributed by atoms with E-state index in [4.69, 9.17) is 17.3 Å². The Kier molecular flexibility index (Phi) is 4.94. The van der Waals surface area contributed by atoms with E-state index in [2.05, 4.69) is 9.97 Å². The molecule has 1 atom stereocenters. The van der Waals surface area contributed by atoms with Gasteiger partial charge in [-0.3, -0.25) is 14.9 Å². The highest BCUT2D eigenvalue weighted by molar-refractivity contribution is 6.33. The van der Waals surface area contributed by atoms with E-state index in [9.17, 15) is 14.9 Å². The molecule has 0 saturated carbocycles. The van der Waals surface area contributed by atoms with Gasteiger partial charge in [-0.15, -0.1) is 0 Å². The van der Waals surface area contributed by atoms with E-state index in [1.807, 2.05) is 18.2 Å². The van der Waals surface area contributed by atoms with Crippen LogP contribution in [-0.4, -0.2) is 32.2 Å². The average molecular weight is 412 g/mol. The van der Waals surface area contributed by atoms with Crippen LogP contribution in [0.25, 0.3) is 11.3 Å². The molecular formula is C20H18ClN5O3. The lowest BCUT2D eigenvalue weighted by Crippen LogP contribution is -2.31. The molecule has 1 aliphatic heterocycles. The molecule has 1 unspecified atom stereocenters. The summed E-state index contributed by atoms with van der Waals surface area (Å²) in [6.45, 7) is 0.545. The van der Waals surface area contributed by atoms with Gasteiger partial charge in [0.25, 0.3) is 11.6 Å². The summed E-state index contributed by atoms with van der Waals surface area (Å²) < 4.78 is 0. The molecule has 9 heteroatoms. The predicted octanol–water partition coefficient (Wildman–Crippen LogP) is 4.20. The normalized spacial score (nSPS) is 16.2. The molecule has 8 nitrogen and oxygen atoms in total. The van der Waals surface area contributed by atoms with Crippen molar-refractivity contribution in [1.29, 1.82) is 0 Å². The summed E-state index contributed by atoms with van der Waals surface area (Å²) in [4.78, 5) is 33.0. The molecule has 0 bridgehead atoms. The lowest BCUT2D eigenvalue weighted by molar-refractivity contribution is -0.383. The maximum absolute atomic E-state index is 13.0. The first-order valence-corrected chi connectivity index (χ1v) is 9.48. The third kappa shape index (κ3) is 3.54. The summed E-state index contributed by atoms with van der Waals surface area (Å²) in [5, 5.41) is 11.8. The number of nitrogens with one attached hydrogen (secondary N) is 1. The van der Waals surface area contributed by atoms with Crippen molar-refractivity contribution in [2.24, 2.45) is 0 Å². The van der Waals surface area contributed by atoms with Crippen LogP contribution in [0.2, 0.25) is 5.02 Å². The fourth-order valence-corrected chi connectivity index (χ4v) is 3.85. The number of benzene rings is 2. The number of amides is 1. The molecule has 2 aromatic carbocycles. The van der Waals surface area contributed by atoms with Crippen LogP contribution in [0.1, 0.15) is 35.1 Å². The number of nitrogens with two attached hydrogens (primary N) is 1. The van der Waals surface area contributed by atoms with Gasteiger partial charge in [0.2, 0.25) is 0 Å². The van der Waals surface area contributed by atoms with Gasteiger partial charge in [0.15, 0.2) is 0 Å². The molecular weight excluding hydrogens is 394 g/mol. The van der Waals surface area contributed by atoms with Crippen molar-refractivity contribution in [3.63, 3.8) is 0 Å². The van der Waals surface area contributed by atoms with Crippen molar-refractivity contribution >= 4 is 28.9 Å². The monoisotopic (exact) mass is 411 g/mol. The minimum absolute atomic E-state index is 0.0277. The number of anilines is 1. The number of hydrogen-bond donors (Lipinski definition) is 2. The minimum Gasteiger partial charge on any atom is -0.393 e. The topological polar surface area (TPSA) is 118 Å². The number of aromatic nitrogens is 2. The Labute approximate surface area is 171 Å². The summed E-state index contributed by atoms with van der Waals surface area (Å²) in [5.74, 6) is 0.377. The smallest absolute Gasteiger partial charge is 0.292 e. The van der Waals surface area contributed by atoms with Gasteiger partial charge in [-0.05, 0) is 31.0 Å². The largest absolute Gasteiger partial charge is 0.393 e. The Hall–Kier alpha value is -3.39. The Morgan fingerprint density at radius 2 is 2.10 bits per heavy atom. The average Bonchev–Trinajstić information content (AvgIpc) is 3.37. The van der Waals surface area contributed by atoms with Gasteiger partial charge in [0, 0.05) is 28.8 Å². The molecule has 1 fully saturated rings. The lowest BCUT2D eigenvalue weighted by atomic mass is 10.1. The van der Waals surface area contributed by atoms with Crippen molar-refractivity contribution in [2.45, 2.75) is 18.9 Å². The summed E-state index contributed by atoms with van der Waals surface area (Å²) >= 11 is 6.26. The SMILES string of the molecule is Nc1ccc(C(=O)N2CCCC2c2ncc(-c3ccccc3Cl)[nH]2)cc1[N+](=O)[O-]. The van der Waals surface area contributed by atoms with Gasteiger partial charge in [-0.2, -0.15) is 0 Å².